The topological polar surface area (TPSA) is 25.8 Å². The Morgan fingerprint density at radius 2 is 1.75 bits per heavy atom. The van der Waals surface area contributed by atoms with Gasteiger partial charge in [0.05, 0.1) is 4.90 Å². The van der Waals surface area contributed by atoms with E-state index in [2.05, 4.69) is 9.97 Å². The van der Waals surface area contributed by atoms with E-state index in [1.54, 1.807) is 0 Å². The third-order valence-corrected chi connectivity index (χ3v) is 3.19. The molecule has 2 aromatic rings. The number of hydrogen-bond acceptors (Lipinski definition) is 3. The van der Waals surface area contributed by atoms with Crippen LogP contribution in [-0.4, -0.2) is 9.97 Å². The maximum atomic E-state index is 13.4. The Morgan fingerprint density at radius 1 is 1.05 bits per heavy atom. The largest absolute Gasteiger partial charge is 0.433 e. The van der Waals surface area contributed by atoms with Crippen LogP contribution >= 0.6 is 23.4 Å². The molecule has 0 radical (unpaired) electrons. The van der Waals surface area contributed by atoms with Gasteiger partial charge >= 0.3 is 6.18 Å². The highest BCUT2D eigenvalue weighted by atomic mass is 35.5. The minimum Gasteiger partial charge on any atom is -0.213 e. The number of rotatable bonds is 2. The van der Waals surface area contributed by atoms with Gasteiger partial charge in [0.2, 0.25) is 5.28 Å². The monoisotopic (exact) mass is 326 g/mol. The van der Waals surface area contributed by atoms with Crippen molar-refractivity contribution >= 4 is 23.4 Å². The molecule has 1 aromatic carbocycles. The molecule has 0 amide bonds. The summed E-state index contributed by atoms with van der Waals surface area (Å²) in [6.45, 7) is 0. The molecule has 2 rings (SSSR count). The molecule has 0 aliphatic rings. The molecule has 0 aliphatic heterocycles. The van der Waals surface area contributed by atoms with Crippen LogP contribution in [0.15, 0.2) is 34.2 Å². The average Bonchev–Trinajstić information content (AvgIpc) is 2.32. The van der Waals surface area contributed by atoms with E-state index in [0.29, 0.717) is 17.8 Å². The van der Waals surface area contributed by atoms with Gasteiger partial charge in [0.15, 0.2) is 5.69 Å². The van der Waals surface area contributed by atoms with Gasteiger partial charge in [-0.25, -0.2) is 18.7 Å². The van der Waals surface area contributed by atoms with Gasteiger partial charge in [-0.3, -0.25) is 0 Å². The zero-order valence-electron chi connectivity index (χ0n) is 9.38. The second-order valence-electron chi connectivity index (χ2n) is 3.54. The summed E-state index contributed by atoms with van der Waals surface area (Å²) < 4.78 is 64.0. The normalized spacial score (nSPS) is 11.7. The zero-order valence-corrected chi connectivity index (χ0v) is 11.0. The van der Waals surface area contributed by atoms with Gasteiger partial charge in [-0.2, -0.15) is 13.2 Å². The predicted octanol–water partition coefficient (Wildman–Crippen LogP) is 4.58. The molecule has 0 N–H and O–H groups in total. The van der Waals surface area contributed by atoms with Crippen LogP contribution in [0.5, 0.6) is 0 Å². The lowest BCUT2D eigenvalue weighted by Gasteiger charge is -2.08. The van der Waals surface area contributed by atoms with E-state index >= 15 is 0 Å². The molecule has 0 fully saturated rings. The second-order valence-corrected chi connectivity index (χ2v) is 4.94. The highest BCUT2D eigenvalue weighted by Crippen LogP contribution is 2.34. The molecule has 20 heavy (non-hydrogen) atoms. The van der Waals surface area contributed by atoms with Crippen molar-refractivity contribution in [1.82, 2.24) is 9.97 Å². The van der Waals surface area contributed by atoms with Crippen molar-refractivity contribution in [3.63, 3.8) is 0 Å². The first-order valence-corrected chi connectivity index (χ1v) is 6.20. The molecule has 0 saturated carbocycles. The Morgan fingerprint density at radius 3 is 2.40 bits per heavy atom. The summed E-state index contributed by atoms with van der Waals surface area (Å²) >= 11 is 5.91. The molecule has 1 heterocycles. The van der Waals surface area contributed by atoms with Crippen LogP contribution in [0.3, 0.4) is 0 Å². The molecule has 106 valence electrons. The van der Waals surface area contributed by atoms with Crippen molar-refractivity contribution < 1.29 is 22.0 Å². The third-order valence-electron chi connectivity index (χ3n) is 2.07. The van der Waals surface area contributed by atoms with E-state index < -0.39 is 28.8 Å². The van der Waals surface area contributed by atoms with Gasteiger partial charge in [0, 0.05) is 6.07 Å². The van der Waals surface area contributed by atoms with Crippen LogP contribution in [0.4, 0.5) is 22.0 Å². The fraction of sp³-hybridized carbons (Fsp3) is 0.0909. The SMILES string of the molecule is Fc1ccc(F)c(Sc2cc(C(F)(F)F)nc(Cl)n2)c1. The first kappa shape index (κ1) is 15.0. The highest BCUT2D eigenvalue weighted by molar-refractivity contribution is 7.99. The Bertz CT molecular complexity index is 647. The molecule has 0 atom stereocenters. The second kappa shape index (κ2) is 5.53. The molecule has 0 unspecified atom stereocenters. The number of hydrogen-bond donors (Lipinski definition) is 0. The van der Waals surface area contributed by atoms with Gasteiger partial charge in [0.1, 0.15) is 16.7 Å². The first-order chi connectivity index (χ1) is 9.25. The van der Waals surface area contributed by atoms with Crippen LogP contribution in [0, 0.1) is 11.6 Å². The molecule has 0 saturated heterocycles. The number of nitrogens with zero attached hydrogens (tertiary/aromatic N) is 2. The fourth-order valence-electron chi connectivity index (χ4n) is 1.26. The smallest absolute Gasteiger partial charge is 0.213 e. The highest BCUT2D eigenvalue weighted by Gasteiger charge is 2.33. The van der Waals surface area contributed by atoms with Crippen molar-refractivity contribution in [2.75, 3.05) is 0 Å². The summed E-state index contributed by atoms with van der Waals surface area (Å²) in [5.41, 5.74) is -1.25. The minimum atomic E-state index is -4.71. The molecule has 2 nitrogen and oxygen atoms in total. The third kappa shape index (κ3) is 3.57. The maximum absolute atomic E-state index is 13.4. The zero-order chi connectivity index (χ0) is 14.9. The molecule has 1 aromatic heterocycles. The summed E-state index contributed by atoms with van der Waals surface area (Å²) in [4.78, 5) is 6.38. The lowest BCUT2D eigenvalue weighted by atomic mass is 10.3. The van der Waals surface area contributed by atoms with E-state index in [9.17, 15) is 22.0 Å². The van der Waals surface area contributed by atoms with Crippen molar-refractivity contribution in [3.8, 4) is 0 Å². The lowest BCUT2D eigenvalue weighted by molar-refractivity contribution is -0.141. The number of halogens is 6. The van der Waals surface area contributed by atoms with Crippen LogP contribution in [0.2, 0.25) is 5.28 Å². The molecule has 9 heteroatoms. The van der Waals surface area contributed by atoms with Gasteiger partial charge < -0.3 is 0 Å². The van der Waals surface area contributed by atoms with Gasteiger partial charge in [0.25, 0.3) is 0 Å². The summed E-state index contributed by atoms with van der Waals surface area (Å²) in [6, 6.07) is 3.22. The fourth-order valence-corrected chi connectivity index (χ4v) is 2.36. The van der Waals surface area contributed by atoms with Gasteiger partial charge in [-0.1, -0.05) is 11.8 Å². The van der Waals surface area contributed by atoms with E-state index in [1.165, 1.54) is 0 Å². The van der Waals surface area contributed by atoms with Crippen LogP contribution in [0.25, 0.3) is 0 Å². The van der Waals surface area contributed by atoms with Crippen LogP contribution < -0.4 is 0 Å². The van der Waals surface area contributed by atoms with Crippen molar-refractivity contribution in [2.24, 2.45) is 0 Å². The van der Waals surface area contributed by atoms with Crippen molar-refractivity contribution in [1.29, 1.82) is 0 Å². The summed E-state index contributed by atoms with van der Waals surface area (Å²) in [5.74, 6) is -1.50. The molecular weight excluding hydrogens is 323 g/mol. The molecule has 0 aliphatic carbocycles. The molecule has 0 bridgehead atoms. The van der Waals surface area contributed by atoms with Gasteiger partial charge in [-0.05, 0) is 29.8 Å². The van der Waals surface area contributed by atoms with Crippen molar-refractivity contribution in [3.05, 3.63) is 46.9 Å². The Kier molecular flexibility index (Phi) is 4.14. The van der Waals surface area contributed by atoms with Crippen LogP contribution in [0.1, 0.15) is 5.69 Å². The predicted molar refractivity (Wildman–Crippen MR) is 62.5 cm³/mol. The summed E-state index contributed by atoms with van der Waals surface area (Å²) in [7, 11) is 0. The summed E-state index contributed by atoms with van der Waals surface area (Å²) in [6.07, 6.45) is -4.71. The van der Waals surface area contributed by atoms with Crippen LogP contribution in [-0.2, 0) is 6.18 Å². The first-order valence-electron chi connectivity index (χ1n) is 5.00. The summed E-state index contributed by atoms with van der Waals surface area (Å²) in [5, 5.41) is -0.860. The van der Waals surface area contributed by atoms with E-state index in [1.807, 2.05) is 0 Å². The molecular formula is C11H4ClF5N2S. The molecule has 0 spiro atoms. The number of alkyl halides is 3. The average molecular weight is 327 g/mol. The lowest BCUT2D eigenvalue weighted by Crippen LogP contribution is -2.09. The van der Waals surface area contributed by atoms with E-state index in [0.717, 1.165) is 18.2 Å². The Labute approximate surface area is 119 Å². The van der Waals surface area contributed by atoms with E-state index in [-0.39, 0.29) is 9.92 Å². The van der Waals surface area contributed by atoms with Crippen molar-refractivity contribution in [2.45, 2.75) is 16.1 Å². The minimum absolute atomic E-state index is 0.201. The quantitative estimate of drug-likeness (QED) is 0.459. The number of benzene rings is 1. The van der Waals surface area contributed by atoms with E-state index in [4.69, 9.17) is 11.6 Å². The van der Waals surface area contributed by atoms with Gasteiger partial charge in [-0.15, -0.1) is 0 Å². The standard InChI is InChI=1S/C11H4ClF5N2S/c12-10-18-8(11(15,16)17)4-9(19-10)20-7-3-5(13)1-2-6(7)14/h1-4H. The Hall–Kier alpha value is -1.41. The Balaban J connectivity index is 2.39. The maximum Gasteiger partial charge on any atom is 0.433 e. The number of aromatic nitrogens is 2.